The summed E-state index contributed by atoms with van der Waals surface area (Å²) in [5.41, 5.74) is -1.03. The summed E-state index contributed by atoms with van der Waals surface area (Å²) in [6, 6.07) is 0. The second-order valence-corrected chi connectivity index (χ2v) is 2.64. The maximum atomic E-state index is 10.5. The smallest absolute Gasteiger partial charge is 0.363 e. The summed E-state index contributed by atoms with van der Waals surface area (Å²) in [6.07, 6.45) is 0. The predicted molar refractivity (Wildman–Crippen MR) is 34.6 cm³/mol. The normalized spacial score (nSPS) is 9.70. The average Bonchev–Trinajstić information content (AvgIpc) is 2.11. The van der Waals surface area contributed by atoms with E-state index in [1.807, 2.05) is 0 Å². The molecule has 1 rings (SSSR count). The van der Waals surface area contributed by atoms with Crippen LogP contribution in [0.25, 0.3) is 0 Å². The van der Waals surface area contributed by atoms with E-state index < -0.39 is 11.6 Å². The van der Waals surface area contributed by atoms with Crippen molar-refractivity contribution < 1.29 is 13.8 Å². The third-order valence-electron chi connectivity index (χ3n) is 1.01. The van der Waals surface area contributed by atoms with Crippen molar-refractivity contribution in [2.45, 2.75) is 6.92 Å². The minimum Gasteiger partial charge on any atom is -0.477 e. The number of hydrogen-bond acceptors (Lipinski definition) is 4. The van der Waals surface area contributed by atoms with Gasteiger partial charge in [0.1, 0.15) is 0 Å². The molecule has 5 heteroatoms. The minimum absolute atomic E-state index is 0.259. The lowest BCUT2D eigenvalue weighted by atomic mass is 10.3. The van der Waals surface area contributed by atoms with Gasteiger partial charge in [0.15, 0.2) is 5.56 Å². The van der Waals surface area contributed by atoms with Crippen LogP contribution in [-0.4, -0.2) is 11.1 Å². The topological polar surface area (TPSA) is 67.5 Å². The number of carboxylic acid groups (broad SMARTS) is 1. The van der Waals surface area contributed by atoms with E-state index in [1.54, 1.807) is 0 Å². The number of aryl methyl sites for hydroxylation is 1. The number of rotatable bonds is 1. The predicted octanol–water partition coefficient (Wildman–Crippen LogP) is 0.708. The van der Waals surface area contributed by atoms with Gasteiger partial charge in [0.05, 0.1) is 4.88 Å². The Morgan fingerprint density at radius 2 is 2.30 bits per heavy atom. The molecule has 0 aromatic carbocycles. The van der Waals surface area contributed by atoms with Crippen molar-refractivity contribution >= 4 is 17.6 Å². The molecule has 10 heavy (non-hydrogen) atoms. The van der Waals surface area contributed by atoms with Gasteiger partial charge in [-0.05, 0) is 6.92 Å². The summed E-state index contributed by atoms with van der Waals surface area (Å²) in [5, 5.41) is 8.38. The molecule has 0 aliphatic heterocycles. The molecular weight excluding hydrogens is 156 g/mol. The summed E-state index contributed by atoms with van der Waals surface area (Å²) in [5.74, 6) is -1.23. The van der Waals surface area contributed by atoms with E-state index in [2.05, 4.69) is 3.85 Å². The molecule has 0 amide bonds. The van der Waals surface area contributed by atoms with E-state index in [1.165, 1.54) is 6.92 Å². The number of carboxylic acids is 1. The first-order valence-corrected chi connectivity index (χ1v) is 3.20. The fraction of sp³-hybridized carbons (Fsp3) is 0.200. The van der Waals surface area contributed by atoms with Crippen molar-refractivity contribution in [2.75, 3.05) is 0 Å². The number of hydrogen-bond donors (Lipinski definition) is 1. The highest BCUT2D eigenvalue weighted by molar-refractivity contribution is 7.03. The van der Waals surface area contributed by atoms with Crippen molar-refractivity contribution in [1.29, 1.82) is 0 Å². The molecule has 1 aromatic heterocycles. The van der Waals surface area contributed by atoms with Crippen LogP contribution in [0.2, 0.25) is 0 Å². The number of aromatic carboxylic acids is 1. The van der Waals surface area contributed by atoms with Crippen molar-refractivity contribution in [3.63, 3.8) is 0 Å². The van der Waals surface area contributed by atoms with Gasteiger partial charge in [-0.2, -0.15) is 0 Å². The molecule has 1 aromatic rings. The van der Waals surface area contributed by atoms with Gasteiger partial charge in [0.2, 0.25) is 0 Å². The zero-order chi connectivity index (χ0) is 7.72. The van der Waals surface area contributed by atoms with Crippen LogP contribution in [0.3, 0.4) is 0 Å². The summed E-state index contributed by atoms with van der Waals surface area (Å²) >= 11 is 0.791. The molecule has 0 saturated carbocycles. The van der Waals surface area contributed by atoms with Crippen molar-refractivity contribution in [3.8, 4) is 0 Å². The Bertz CT molecular complexity index is 308. The van der Waals surface area contributed by atoms with E-state index >= 15 is 0 Å². The van der Waals surface area contributed by atoms with Crippen LogP contribution in [0, 0.1) is 6.92 Å². The molecule has 1 heterocycles. The molecule has 0 fully saturated rings. The van der Waals surface area contributed by atoms with E-state index in [0.29, 0.717) is 4.88 Å². The highest BCUT2D eigenvalue weighted by atomic mass is 32.1. The van der Waals surface area contributed by atoms with E-state index in [0.717, 1.165) is 11.6 Å². The maximum absolute atomic E-state index is 10.5. The standard InChI is InChI=1S/C5H4O4S/c1-2-3(4(6)7)5(8)9-10-2/h1H3,(H,6,7). The van der Waals surface area contributed by atoms with Gasteiger partial charge >= 0.3 is 11.6 Å². The zero-order valence-electron chi connectivity index (χ0n) is 5.08. The molecule has 1 N–H and O–H groups in total. The van der Waals surface area contributed by atoms with Crippen LogP contribution < -0.4 is 5.63 Å². The summed E-state index contributed by atoms with van der Waals surface area (Å²) in [6.45, 7) is 1.53. The largest absolute Gasteiger partial charge is 0.477 e. The Hall–Kier alpha value is -1.10. The Morgan fingerprint density at radius 3 is 2.50 bits per heavy atom. The molecule has 54 valence electrons. The Morgan fingerprint density at radius 1 is 1.70 bits per heavy atom. The van der Waals surface area contributed by atoms with Gasteiger partial charge < -0.3 is 8.96 Å². The third kappa shape index (κ3) is 0.950. The summed E-state index contributed by atoms with van der Waals surface area (Å²) < 4.78 is 4.36. The molecule has 0 atom stereocenters. The first-order chi connectivity index (χ1) is 4.63. The SMILES string of the molecule is Cc1soc(=O)c1C(=O)O. The van der Waals surface area contributed by atoms with Crippen LogP contribution in [0.5, 0.6) is 0 Å². The third-order valence-corrected chi connectivity index (χ3v) is 1.70. The molecule has 0 saturated heterocycles. The van der Waals surface area contributed by atoms with E-state index in [9.17, 15) is 9.59 Å². The molecular formula is C5H4O4S. The first kappa shape index (κ1) is 7.01. The number of carbonyl (C=O) groups is 1. The van der Waals surface area contributed by atoms with Gasteiger partial charge in [-0.1, -0.05) is 0 Å². The van der Waals surface area contributed by atoms with Gasteiger partial charge in [-0.3, -0.25) is 0 Å². The fourth-order valence-corrected chi connectivity index (χ4v) is 1.10. The minimum atomic E-state index is -1.23. The Kier molecular flexibility index (Phi) is 1.58. The van der Waals surface area contributed by atoms with Crippen LogP contribution in [0.15, 0.2) is 8.64 Å². The van der Waals surface area contributed by atoms with Crippen molar-refractivity contribution in [1.82, 2.24) is 0 Å². The van der Waals surface area contributed by atoms with Crippen LogP contribution >= 0.6 is 11.6 Å². The molecule has 0 unspecified atom stereocenters. The quantitative estimate of drug-likeness (QED) is 0.656. The van der Waals surface area contributed by atoms with Crippen molar-refractivity contribution in [2.24, 2.45) is 0 Å². The van der Waals surface area contributed by atoms with Gasteiger partial charge in [-0.15, -0.1) is 0 Å². The highest BCUT2D eigenvalue weighted by Gasteiger charge is 2.15. The maximum Gasteiger partial charge on any atom is 0.363 e. The summed E-state index contributed by atoms with van der Waals surface area (Å²) in [7, 11) is 0. The average molecular weight is 160 g/mol. The molecule has 0 bridgehead atoms. The Labute approximate surface area is 59.9 Å². The monoisotopic (exact) mass is 160 g/mol. The van der Waals surface area contributed by atoms with E-state index in [4.69, 9.17) is 5.11 Å². The highest BCUT2D eigenvalue weighted by Crippen LogP contribution is 2.08. The molecule has 0 aliphatic rings. The zero-order valence-corrected chi connectivity index (χ0v) is 5.90. The first-order valence-electron chi connectivity index (χ1n) is 2.46. The lowest BCUT2D eigenvalue weighted by Gasteiger charge is -1.81. The molecule has 0 radical (unpaired) electrons. The lowest BCUT2D eigenvalue weighted by molar-refractivity contribution is 0.0693. The van der Waals surface area contributed by atoms with Gasteiger partial charge in [0, 0.05) is 11.6 Å². The summed E-state index contributed by atoms with van der Waals surface area (Å²) in [4.78, 5) is 21.2. The second kappa shape index (κ2) is 2.26. The second-order valence-electron chi connectivity index (χ2n) is 1.69. The lowest BCUT2D eigenvalue weighted by Crippen LogP contribution is -2.09. The van der Waals surface area contributed by atoms with Gasteiger partial charge in [-0.25, -0.2) is 9.59 Å². The van der Waals surface area contributed by atoms with Crippen LogP contribution in [-0.2, 0) is 0 Å². The van der Waals surface area contributed by atoms with E-state index in [-0.39, 0.29) is 5.56 Å². The van der Waals surface area contributed by atoms with Crippen LogP contribution in [0.1, 0.15) is 15.2 Å². The fourth-order valence-electron chi connectivity index (χ4n) is 0.565. The Balaban J connectivity index is 3.37. The molecule has 4 nitrogen and oxygen atoms in total. The molecule has 0 spiro atoms. The van der Waals surface area contributed by atoms with Gasteiger partial charge in [0.25, 0.3) is 0 Å². The van der Waals surface area contributed by atoms with Crippen molar-refractivity contribution in [3.05, 3.63) is 20.9 Å². The van der Waals surface area contributed by atoms with Crippen LogP contribution in [0.4, 0.5) is 0 Å². The molecule has 0 aliphatic carbocycles.